The van der Waals surface area contributed by atoms with Crippen LogP contribution in [0.5, 0.6) is 0 Å². The van der Waals surface area contributed by atoms with E-state index in [0.29, 0.717) is 72.6 Å². The Morgan fingerprint density at radius 1 is 0.914 bits per heavy atom. The Bertz CT molecular complexity index is 1180. The lowest BCUT2D eigenvalue weighted by Gasteiger charge is -2.36. The van der Waals surface area contributed by atoms with Crippen LogP contribution in [0.25, 0.3) is 11.4 Å². The quantitative estimate of drug-likeness (QED) is 0.425. The molecule has 0 N–H and O–H groups in total. The molecule has 35 heavy (non-hydrogen) atoms. The Hall–Kier alpha value is -2.85. The third-order valence-electron chi connectivity index (χ3n) is 5.79. The van der Waals surface area contributed by atoms with Gasteiger partial charge in [0.05, 0.1) is 15.6 Å². The van der Waals surface area contributed by atoms with Gasteiger partial charge in [-0.3, -0.25) is 0 Å². The summed E-state index contributed by atoms with van der Waals surface area (Å²) in [6.07, 6.45) is -3.09. The molecule has 7 nitrogen and oxygen atoms in total. The van der Waals surface area contributed by atoms with Crippen molar-refractivity contribution in [3.05, 3.63) is 52.1 Å². The van der Waals surface area contributed by atoms with Crippen LogP contribution in [0.4, 0.5) is 30.9 Å². The molecule has 1 fully saturated rings. The Balaban J connectivity index is 1.63. The number of pyridine rings is 1. The molecule has 0 unspecified atom stereocenters. The van der Waals surface area contributed by atoms with Gasteiger partial charge in [-0.25, -0.2) is 4.98 Å². The van der Waals surface area contributed by atoms with E-state index in [1.54, 1.807) is 23.1 Å². The first-order valence-corrected chi connectivity index (χ1v) is 12.0. The minimum Gasteiger partial charge on any atom is -0.353 e. The highest BCUT2D eigenvalue weighted by Gasteiger charge is 2.36. The van der Waals surface area contributed by atoms with Gasteiger partial charge in [-0.2, -0.15) is 28.1 Å². The lowest BCUT2D eigenvalue weighted by atomic mass is 10.2. The van der Waals surface area contributed by atoms with Crippen LogP contribution < -0.4 is 14.7 Å². The molecule has 2 aromatic heterocycles. The molecule has 186 valence electrons. The van der Waals surface area contributed by atoms with E-state index in [1.807, 2.05) is 23.6 Å². The number of rotatable bonds is 6. The zero-order valence-corrected chi connectivity index (χ0v) is 20.7. The van der Waals surface area contributed by atoms with Gasteiger partial charge in [0.25, 0.3) is 0 Å². The number of aromatic nitrogens is 4. The standard InChI is InChI=1S/C23H24Cl2F3N7/c1-3-33(4-2)21-30-19(15-7-8-17(24)18(25)14-15)31-22(32-21)35-12-10-34(11-13-35)20-16(23(26,27)28)6-5-9-29-20/h5-9,14H,3-4,10-13H2,1-2H3. The van der Waals surface area contributed by atoms with E-state index in [2.05, 4.69) is 19.9 Å². The Morgan fingerprint density at radius 2 is 1.60 bits per heavy atom. The fraction of sp³-hybridized carbons (Fsp3) is 0.391. The molecule has 1 saturated heterocycles. The number of anilines is 3. The fourth-order valence-electron chi connectivity index (χ4n) is 3.90. The maximum atomic E-state index is 13.5. The van der Waals surface area contributed by atoms with Gasteiger partial charge in [0, 0.05) is 51.0 Å². The van der Waals surface area contributed by atoms with Crippen LogP contribution in [0.15, 0.2) is 36.5 Å². The highest BCUT2D eigenvalue weighted by Crippen LogP contribution is 2.35. The minimum atomic E-state index is -4.47. The molecule has 4 rings (SSSR count). The molecular weight excluding hydrogens is 502 g/mol. The van der Waals surface area contributed by atoms with Crippen LogP contribution in [0.1, 0.15) is 19.4 Å². The van der Waals surface area contributed by atoms with Crippen LogP contribution in [0.3, 0.4) is 0 Å². The van der Waals surface area contributed by atoms with Gasteiger partial charge in [0.2, 0.25) is 11.9 Å². The summed E-state index contributed by atoms with van der Waals surface area (Å²) in [5.74, 6) is 1.37. The molecule has 0 radical (unpaired) electrons. The van der Waals surface area contributed by atoms with Crippen LogP contribution in [0.2, 0.25) is 10.0 Å². The van der Waals surface area contributed by atoms with Gasteiger partial charge in [-0.1, -0.05) is 23.2 Å². The normalized spacial score (nSPS) is 14.4. The Labute approximate surface area is 211 Å². The Morgan fingerprint density at radius 3 is 2.23 bits per heavy atom. The smallest absolute Gasteiger partial charge is 0.353 e. The maximum absolute atomic E-state index is 13.5. The molecule has 0 amide bonds. The molecule has 1 aliphatic rings. The van der Waals surface area contributed by atoms with E-state index < -0.39 is 11.7 Å². The molecule has 3 aromatic rings. The van der Waals surface area contributed by atoms with E-state index in [9.17, 15) is 13.2 Å². The number of alkyl halides is 3. The second kappa shape index (κ2) is 10.4. The summed E-state index contributed by atoms with van der Waals surface area (Å²) >= 11 is 12.3. The molecule has 12 heteroatoms. The molecular formula is C23H24Cl2F3N7. The van der Waals surface area contributed by atoms with Gasteiger partial charge in [-0.15, -0.1) is 0 Å². The van der Waals surface area contributed by atoms with Crippen molar-refractivity contribution in [2.24, 2.45) is 0 Å². The highest BCUT2D eigenvalue weighted by atomic mass is 35.5. The number of nitrogens with zero attached hydrogens (tertiary/aromatic N) is 7. The van der Waals surface area contributed by atoms with Crippen molar-refractivity contribution in [3.63, 3.8) is 0 Å². The van der Waals surface area contributed by atoms with Crippen molar-refractivity contribution < 1.29 is 13.2 Å². The molecule has 0 saturated carbocycles. The summed E-state index contributed by atoms with van der Waals surface area (Å²) in [5, 5.41) is 0.817. The molecule has 1 aliphatic heterocycles. The number of hydrogen-bond donors (Lipinski definition) is 0. The number of halogens is 5. The average Bonchev–Trinajstić information content (AvgIpc) is 2.86. The predicted octanol–water partition coefficient (Wildman–Crippen LogP) is 5.43. The summed E-state index contributed by atoms with van der Waals surface area (Å²) in [4.78, 5) is 23.6. The van der Waals surface area contributed by atoms with E-state index >= 15 is 0 Å². The molecule has 0 aliphatic carbocycles. The second-order valence-electron chi connectivity index (χ2n) is 7.91. The predicted molar refractivity (Wildman–Crippen MR) is 133 cm³/mol. The molecule has 0 atom stereocenters. The van der Waals surface area contributed by atoms with Crippen LogP contribution in [0, 0.1) is 0 Å². The number of piperazine rings is 1. The fourth-order valence-corrected chi connectivity index (χ4v) is 4.19. The zero-order valence-electron chi connectivity index (χ0n) is 19.2. The van der Waals surface area contributed by atoms with Crippen molar-refractivity contribution in [1.82, 2.24) is 19.9 Å². The van der Waals surface area contributed by atoms with Crippen molar-refractivity contribution in [1.29, 1.82) is 0 Å². The second-order valence-corrected chi connectivity index (χ2v) is 8.72. The van der Waals surface area contributed by atoms with Gasteiger partial charge < -0.3 is 14.7 Å². The summed E-state index contributed by atoms with van der Waals surface area (Å²) in [5.41, 5.74) is -0.0438. The molecule has 0 bridgehead atoms. The van der Waals surface area contributed by atoms with Gasteiger partial charge in [0.15, 0.2) is 5.82 Å². The maximum Gasteiger partial charge on any atom is 0.419 e. The lowest BCUT2D eigenvalue weighted by molar-refractivity contribution is -0.137. The van der Waals surface area contributed by atoms with E-state index in [4.69, 9.17) is 23.2 Å². The van der Waals surface area contributed by atoms with Crippen molar-refractivity contribution in [3.8, 4) is 11.4 Å². The number of hydrogen-bond acceptors (Lipinski definition) is 7. The van der Waals surface area contributed by atoms with Gasteiger partial charge in [-0.05, 0) is 44.2 Å². The Kier molecular flexibility index (Phi) is 7.51. The SMILES string of the molecule is CCN(CC)c1nc(-c2ccc(Cl)c(Cl)c2)nc(N2CCN(c3ncccc3C(F)(F)F)CC2)n1. The van der Waals surface area contributed by atoms with Crippen LogP contribution in [-0.2, 0) is 6.18 Å². The molecule has 3 heterocycles. The molecule has 1 aromatic carbocycles. The van der Waals surface area contributed by atoms with Gasteiger partial charge >= 0.3 is 6.18 Å². The summed E-state index contributed by atoms with van der Waals surface area (Å²) in [7, 11) is 0. The third-order valence-corrected chi connectivity index (χ3v) is 6.53. The topological polar surface area (TPSA) is 61.3 Å². The lowest BCUT2D eigenvalue weighted by Crippen LogP contribution is -2.48. The number of benzene rings is 1. The summed E-state index contributed by atoms with van der Waals surface area (Å²) in [6, 6.07) is 7.53. The van der Waals surface area contributed by atoms with E-state index in [0.717, 1.165) is 6.07 Å². The van der Waals surface area contributed by atoms with Crippen LogP contribution in [-0.4, -0.2) is 59.2 Å². The van der Waals surface area contributed by atoms with Crippen LogP contribution >= 0.6 is 23.2 Å². The van der Waals surface area contributed by atoms with Crippen molar-refractivity contribution >= 4 is 40.9 Å². The van der Waals surface area contributed by atoms with Crippen molar-refractivity contribution in [2.45, 2.75) is 20.0 Å². The zero-order chi connectivity index (χ0) is 25.2. The average molecular weight is 526 g/mol. The third kappa shape index (κ3) is 5.54. The van der Waals surface area contributed by atoms with E-state index in [1.165, 1.54) is 12.3 Å². The molecule has 0 spiro atoms. The highest BCUT2D eigenvalue weighted by molar-refractivity contribution is 6.42. The first-order chi connectivity index (χ1) is 16.7. The van der Waals surface area contributed by atoms with Crippen molar-refractivity contribution in [2.75, 3.05) is 54.0 Å². The first-order valence-electron chi connectivity index (χ1n) is 11.2. The van der Waals surface area contributed by atoms with E-state index in [-0.39, 0.29) is 5.82 Å². The summed E-state index contributed by atoms with van der Waals surface area (Å²) < 4.78 is 40.4. The van der Waals surface area contributed by atoms with Gasteiger partial charge in [0.1, 0.15) is 5.82 Å². The largest absolute Gasteiger partial charge is 0.419 e. The minimum absolute atomic E-state index is 0.0596. The first kappa shape index (κ1) is 25.2. The monoisotopic (exact) mass is 525 g/mol. The summed E-state index contributed by atoms with van der Waals surface area (Å²) in [6.45, 7) is 6.96.